The van der Waals surface area contributed by atoms with Crippen LogP contribution in [0.3, 0.4) is 0 Å². The Balaban J connectivity index is 1.76. The van der Waals surface area contributed by atoms with Crippen molar-refractivity contribution in [3.05, 3.63) is 76.1 Å². The molecule has 0 aliphatic rings. The van der Waals surface area contributed by atoms with Crippen molar-refractivity contribution in [1.29, 1.82) is 5.26 Å². The number of benzene rings is 2. The van der Waals surface area contributed by atoms with Gasteiger partial charge in [0.1, 0.15) is 11.6 Å². The zero-order chi connectivity index (χ0) is 17.6. The van der Waals surface area contributed by atoms with E-state index in [4.69, 9.17) is 11.6 Å². The summed E-state index contributed by atoms with van der Waals surface area (Å²) in [5.41, 5.74) is 2.45. The summed E-state index contributed by atoms with van der Waals surface area (Å²) in [4.78, 5) is 16.7. The summed E-state index contributed by atoms with van der Waals surface area (Å²) >= 11 is 7.18. The Morgan fingerprint density at radius 1 is 1.16 bits per heavy atom. The van der Waals surface area contributed by atoms with E-state index >= 15 is 0 Å². The maximum Gasteiger partial charge on any atom is 0.268 e. The van der Waals surface area contributed by atoms with Crippen molar-refractivity contribution in [3.8, 4) is 17.3 Å². The average molecular weight is 366 g/mol. The fourth-order valence-corrected chi connectivity index (χ4v) is 2.95. The summed E-state index contributed by atoms with van der Waals surface area (Å²) < 4.78 is 0. The number of amides is 1. The van der Waals surface area contributed by atoms with Gasteiger partial charge >= 0.3 is 0 Å². The van der Waals surface area contributed by atoms with Crippen molar-refractivity contribution in [1.82, 2.24) is 4.98 Å². The second-order valence-electron chi connectivity index (χ2n) is 5.08. The maximum absolute atomic E-state index is 12.3. The van der Waals surface area contributed by atoms with Gasteiger partial charge in [-0.15, -0.1) is 11.3 Å². The minimum Gasteiger partial charge on any atom is -0.297 e. The standard InChI is InChI=1S/C19H12ClN3OS/c20-16-8-6-14(7-9-16)17-12-25-19(22-17)23-18(24)15(11-21)10-13-4-2-1-3-5-13/h1-10,12H,(H,22,23,24). The molecule has 0 fully saturated rings. The number of hydrogen-bond donors (Lipinski definition) is 1. The molecule has 122 valence electrons. The fourth-order valence-electron chi connectivity index (χ4n) is 2.11. The Hall–Kier alpha value is -2.94. The zero-order valence-electron chi connectivity index (χ0n) is 12.9. The first-order valence-electron chi connectivity index (χ1n) is 7.35. The lowest BCUT2D eigenvalue weighted by Crippen LogP contribution is -2.13. The number of rotatable bonds is 4. The monoisotopic (exact) mass is 365 g/mol. The smallest absolute Gasteiger partial charge is 0.268 e. The Kier molecular flexibility index (Phi) is 5.24. The van der Waals surface area contributed by atoms with E-state index in [-0.39, 0.29) is 5.57 Å². The Labute approximate surface area is 154 Å². The number of carbonyl (C=O) groups is 1. The van der Waals surface area contributed by atoms with Gasteiger partial charge in [-0.05, 0) is 23.8 Å². The van der Waals surface area contributed by atoms with Gasteiger partial charge in [0.05, 0.1) is 5.69 Å². The van der Waals surface area contributed by atoms with Crippen LogP contribution < -0.4 is 5.32 Å². The van der Waals surface area contributed by atoms with Gasteiger partial charge in [0.25, 0.3) is 5.91 Å². The van der Waals surface area contributed by atoms with Gasteiger partial charge in [0, 0.05) is 16.0 Å². The van der Waals surface area contributed by atoms with Gasteiger partial charge in [-0.25, -0.2) is 4.98 Å². The van der Waals surface area contributed by atoms with Gasteiger partial charge in [0.15, 0.2) is 5.13 Å². The fraction of sp³-hybridized carbons (Fsp3) is 0. The molecule has 0 atom stereocenters. The molecule has 0 saturated heterocycles. The number of nitrogens with one attached hydrogen (secondary N) is 1. The molecule has 1 N–H and O–H groups in total. The van der Waals surface area contributed by atoms with Crippen LogP contribution in [0.1, 0.15) is 5.56 Å². The van der Waals surface area contributed by atoms with E-state index in [2.05, 4.69) is 10.3 Å². The number of anilines is 1. The molecular formula is C19H12ClN3OS. The van der Waals surface area contributed by atoms with Crippen LogP contribution in [0.4, 0.5) is 5.13 Å². The second kappa shape index (κ2) is 7.75. The minimum absolute atomic E-state index is 0.0226. The van der Waals surface area contributed by atoms with Crippen LogP contribution in [0.15, 0.2) is 65.6 Å². The lowest BCUT2D eigenvalue weighted by molar-refractivity contribution is -0.112. The molecule has 0 bridgehead atoms. The van der Waals surface area contributed by atoms with Gasteiger partial charge in [-0.2, -0.15) is 5.26 Å². The summed E-state index contributed by atoms with van der Waals surface area (Å²) in [5.74, 6) is -0.483. The first-order valence-corrected chi connectivity index (χ1v) is 8.61. The van der Waals surface area contributed by atoms with E-state index in [9.17, 15) is 10.1 Å². The predicted octanol–water partition coefficient (Wildman–Crippen LogP) is 5.01. The Bertz CT molecular complexity index is 956. The predicted molar refractivity (Wildman–Crippen MR) is 101 cm³/mol. The molecule has 1 aromatic heterocycles. The third-order valence-electron chi connectivity index (χ3n) is 3.34. The molecule has 0 spiro atoms. The lowest BCUT2D eigenvalue weighted by atomic mass is 10.1. The molecule has 3 aromatic rings. The largest absolute Gasteiger partial charge is 0.297 e. The molecule has 0 saturated carbocycles. The van der Waals surface area contributed by atoms with Crippen molar-refractivity contribution >= 4 is 40.1 Å². The molecule has 0 aliphatic heterocycles. The van der Waals surface area contributed by atoms with Crippen molar-refractivity contribution < 1.29 is 4.79 Å². The highest BCUT2D eigenvalue weighted by atomic mass is 35.5. The summed E-state index contributed by atoms with van der Waals surface area (Å²) in [6.07, 6.45) is 1.54. The van der Waals surface area contributed by atoms with Gasteiger partial charge in [0.2, 0.25) is 0 Å². The molecular weight excluding hydrogens is 354 g/mol. The molecule has 3 rings (SSSR count). The number of nitrogens with zero attached hydrogens (tertiary/aromatic N) is 2. The first-order chi connectivity index (χ1) is 12.2. The quantitative estimate of drug-likeness (QED) is 0.522. The van der Waals surface area contributed by atoms with Crippen LogP contribution in [-0.4, -0.2) is 10.9 Å². The molecule has 4 nitrogen and oxygen atoms in total. The number of aromatic nitrogens is 1. The number of halogens is 1. The Morgan fingerprint density at radius 2 is 1.88 bits per heavy atom. The highest BCUT2D eigenvalue weighted by molar-refractivity contribution is 7.14. The van der Waals surface area contributed by atoms with Crippen LogP contribution in [-0.2, 0) is 4.79 Å². The number of nitriles is 1. The molecule has 6 heteroatoms. The summed E-state index contributed by atoms with van der Waals surface area (Å²) in [6.45, 7) is 0. The highest BCUT2D eigenvalue weighted by Gasteiger charge is 2.12. The van der Waals surface area contributed by atoms with E-state index < -0.39 is 5.91 Å². The molecule has 25 heavy (non-hydrogen) atoms. The number of carbonyl (C=O) groups excluding carboxylic acids is 1. The molecule has 1 heterocycles. The molecule has 0 aliphatic carbocycles. The van der Waals surface area contributed by atoms with Crippen molar-refractivity contribution in [2.45, 2.75) is 0 Å². The SMILES string of the molecule is N#CC(=Cc1ccccc1)C(=O)Nc1nc(-c2ccc(Cl)cc2)cs1. The third kappa shape index (κ3) is 4.32. The van der Waals surface area contributed by atoms with Crippen molar-refractivity contribution in [2.24, 2.45) is 0 Å². The molecule has 2 aromatic carbocycles. The van der Waals surface area contributed by atoms with Gasteiger partial charge in [-0.3, -0.25) is 10.1 Å². The van der Waals surface area contributed by atoms with Crippen LogP contribution >= 0.6 is 22.9 Å². The van der Waals surface area contributed by atoms with E-state index in [1.807, 2.05) is 53.9 Å². The van der Waals surface area contributed by atoms with E-state index in [1.165, 1.54) is 11.3 Å². The second-order valence-corrected chi connectivity index (χ2v) is 6.37. The number of hydrogen-bond acceptors (Lipinski definition) is 4. The topological polar surface area (TPSA) is 65.8 Å². The molecule has 0 radical (unpaired) electrons. The summed E-state index contributed by atoms with van der Waals surface area (Å²) in [6, 6.07) is 18.4. The van der Waals surface area contributed by atoms with Crippen LogP contribution in [0.2, 0.25) is 5.02 Å². The van der Waals surface area contributed by atoms with Crippen LogP contribution in [0.25, 0.3) is 17.3 Å². The zero-order valence-corrected chi connectivity index (χ0v) is 14.5. The molecule has 1 amide bonds. The van der Waals surface area contributed by atoms with E-state index in [0.29, 0.717) is 10.2 Å². The van der Waals surface area contributed by atoms with Gasteiger partial charge in [-0.1, -0.05) is 54.1 Å². The average Bonchev–Trinajstić information content (AvgIpc) is 3.09. The Morgan fingerprint density at radius 3 is 2.56 bits per heavy atom. The molecule has 0 unspecified atom stereocenters. The van der Waals surface area contributed by atoms with E-state index in [0.717, 1.165) is 16.8 Å². The van der Waals surface area contributed by atoms with Crippen molar-refractivity contribution in [2.75, 3.05) is 5.32 Å². The lowest BCUT2D eigenvalue weighted by Gasteiger charge is -2.00. The highest BCUT2D eigenvalue weighted by Crippen LogP contribution is 2.26. The van der Waals surface area contributed by atoms with Crippen LogP contribution in [0, 0.1) is 11.3 Å². The summed E-state index contributed by atoms with van der Waals surface area (Å²) in [7, 11) is 0. The number of thiazole rings is 1. The normalized spacial score (nSPS) is 11.0. The first kappa shape index (κ1) is 16.9. The third-order valence-corrected chi connectivity index (χ3v) is 4.35. The van der Waals surface area contributed by atoms with E-state index in [1.54, 1.807) is 18.2 Å². The minimum atomic E-state index is -0.483. The summed E-state index contributed by atoms with van der Waals surface area (Å²) in [5, 5.41) is 14.8. The van der Waals surface area contributed by atoms with Gasteiger partial charge < -0.3 is 0 Å². The van der Waals surface area contributed by atoms with Crippen molar-refractivity contribution in [3.63, 3.8) is 0 Å². The maximum atomic E-state index is 12.3. The van der Waals surface area contributed by atoms with Crippen LogP contribution in [0.5, 0.6) is 0 Å².